The molecular formula is C9H14O2. The second kappa shape index (κ2) is 2.32. The van der Waals surface area contributed by atoms with E-state index in [4.69, 9.17) is 10.2 Å². The molecule has 0 aliphatic heterocycles. The average Bonchev–Trinajstić information content (AvgIpc) is 2.62. The highest BCUT2D eigenvalue weighted by atomic mass is 16.3. The van der Waals surface area contributed by atoms with Crippen molar-refractivity contribution in [1.82, 2.24) is 0 Å². The zero-order chi connectivity index (χ0) is 7.90. The predicted molar refractivity (Wildman–Crippen MR) is 42.0 cm³/mol. The van der Waals surface area contributed by atoms with E-state index in [0.717, 1.165) is 12.8 Å². The molecule has 2 atom stereocenters. The van der Waals surface area contributed by atoms with Crippen LogP contribution in [0.5, 0.6) is 0 Å². The van der Waals surface area contributed by atoms with Crippen molar-refractivity contribution in [3.05, 3.63) is 12.2 Å². The van der Waals surface area contributed by atoms with Crippen LogP contribution in [0.1, 0.15) is 12.8 Å². The monoisotopic (exact) mass is 154 g/mol. The van der Waals surface area contributed by atoms with Crippen LogP contribution in [0.15, 0.2) is 12.2 Å². The number of hydrogen-bond donors (Lipinski definition) is 2. The van der Waals surface area contributed by atoms with Crippen LogP contribution in [0, 0.1) is 17.3 Å². The Morgan fingerprint density at radius 3 is 2.27 bits per heavy atom. The summed E-state index contributed by atoms with van der Waals surface area (Å²) in [6, 6.07) is 0. The molecule has 0 aromatic heterocycles. The summed E-state index contributed by atoms with van der Waals surface area (Å²) >= 11 is 0. The lowest BCUT2D eigenvalue weighted by Gasteiger charge is -2.31. The van der Waals surface area contributed by atoms with E-state index in [9.17, 15) is 0 Å². The van der Waals surface area contributed by atoms with Gasteiger partial charge >= 0.3 is 0 Å². The van der Waals surface area contributed by atoms with Gasteiger partial charge in [0, 0.05) is 5.41 Å². The van der Waals surface area contributed by atoms with Crippen LogP contribution < -0.4 is 0 Å². The lowest BCUT2D eigenvalue weighted by molar-refractivity contribution is 0.0335. The van der Waals surface area contributed by atoms with Gasteiger partial charge in [0.15, 0.2) is 0 Å². The van der Waals surface area contributed by atoms with Crippen LogP contribution >= 0.6 is 0 Å². The Labute approximate surface area is 66.5 Å². The summed E-state index contributed by atoms with van der Waals surface area (Å²) in [6.07, 6.45) is 6.48. The molecule has 2 aliphatic carbocycles. The topological polar surface area (TPSA) is 40.5 Å². The molecule has 2 nitrogen and oxygen atoms in total. The molecule has 1 fully saturated rings. The zero-order valence-corrected chi connectivity index (χ0v) is 6.53. The van der Waals surface area contributed by atoms with Gasteiger partial charge in [0.1, 0.15) is 0 Å². The Kier molecular flexibility index (Phi) is 1.55. The van der Waals surface area contributed by atoms with Crippen molar-refractivity contribution in [1.29, 1.82) is 0 Å². The Bertz CT molecular complexity index is 182. The molecule has 2 aliphatic rings. The van der Waals surface area contributed by atoms with Gasteiger partial charge in [0.05, 0.1) is 13.2 Å². The van der Waals surface area contributed by atoms with E-state index in [1.54, 1.807) is 0 Å². The quantitative estimate of drug-likeness (QED) is 0.570. The normalized spacial score (nSPS) is 38.4. The molecule has 0 unspecified atom stereocenters. The maximum absolute atomic E-state index is 9.14. The fraction of sp³-hybridized carbons (Fsp3) is 0.778. The highest BCUT2D eigenvalue weighted by Crippen LogP contribution is 2.51. The number of rotatable bonds is 2. The standard InChI is InChI=1S/C9H14O2/c10-5-9(6-11)4-7-1-2-8(9)3-7/h1-2,7-8,10-11H,3-6H2/t7-,8-/m0/s1. The van der Waals surface area contributed by atoms with Crippen LogP contribution in [0.4, 0.5) is 0 Å². The van der Waals surface area contributed by atoms with Crippen LogP contribution in [-0.2, 0) is 0 Å². The molecule has 2 bridgehead atoms. The number of aliphatic hydroxyl groups is 2. The van der Waals surface area contributed by atoms with E-state index in [1.807, 2.05) is 0 Å². The Balaban J connectivity index is 2.21. The van der Waals surface area contributed by atoms with E-state index in [1.165, 1.54) is 0 Å². The van der Waals surface area contributed by atoms with E-state index in [2.05, 4.69) is 12.2 Å². The Morgan fingerprint density at radius 1 is 1.27 bits per heavy atom. The molecule has 0 aromatic rings. The molecule has 2 heteroatoms. The van der Waals surface area contributed by atoms with Gasteiger partial charge in [0.25, 0.3) is 0 Å². The maximum atomic E-state index is 9.14. The van der Waals surface area contributed by atoms with Crippen LogP contribution in [0.25, 0.3) is 0 Å². The van der Waals surface area contributed by atoms with Gasteiger partial charge < -0.3 is 10.2 Å². The minimum atomic E-state index is -0.181. The van der Waals surface area contributed by atoms with Crippen molar-refractivity contribution in [3.8, 4) is 0 Å². The highest BCUT2D eigenvalue weighted by molar-refractivity contribution is 5.15. The van der Waals surface area contributed by atoms with Gasteiger partial charge in [-0.05, 0) is 24.7 Å². The molecule has 0 aromatic carbocycles. The van der Waals surface area contributed by atoms with E-state index in [-0.39, 0.29) is 18.6 Å². The van der Waals surface area contributed by atoms with Gasteiger partial charge in [-0.1, -0.05) is 12.2 Å². The first kappa shape index (κ1) is 7.32. The maximum Gasteiger partial charge on any atom is 0.0515 e. The molecule has 0 heterocycles. The van der Waals surface area contributed by atoms with Crippen molar-refractivity contribution >= 4 is 0 Å². The predicted octanol–water partition coefficient (Wildman–Crippen LogP) is 0.553. The summed E-state index contributed by atoms with van der Waals surface area (Å²) in [4.78, 5) is 0. The average molecular weight is 154 g/mol. The van der Waals surface area contributed by atoms with Gasteiger partial charge in [-0.3, -0.25) is 0 Å². The third-order valence-electron chi connectivity index (χ3n) is 3.26. The Morgan fingerprint density at radius 2 is 2.00 bits per heavy atom. The summed E-state index contributed by atoms with van der Waals surface area (Å²) in [6.45, 7) is 0.268. The smallest absolute Gasteiger partial charge is 0.0515 e. The molecule has 11 heavy (non-hydrogen) atoms. The molecule has 0 radical (unpaired) electrons. The SMILES string of the molecule is OCC1(CO)C[C@H]2C=C[C@H]1C2. The largest absolute Gasteiger partial charge is 0.396 e. The van der Waals surface area contributed by atoms with Crippen LogP contribution in [0.2, 0.25) is 0 Å². The van der Waals surface area contributed by atoms with Crippen molar-refractivity contribution in [2.45, 2.75) is 12.8 Å². The van der Waals surface area contributed by atoms with E-state index < -0.39 is 0 Å². The van der Waals surface area contributed by atoms with Gasteiger partial charge in [-0.25, -0.2) is 0 Å². The minimum Gasteiger partial charge on any atom is -0.396 e. The van der Waals surface area contributed by atoms with Crippen molar-refractivity contribution in [2.75, 3.05) is 13.2 Å². The highest BCUT2D eigenvalue weighted by Gasteiger charge is 2.47. The summed E-state index contributed by atoms with van der Waals surface area (Å²) in [5.74, 6) is 1.06. The molecule has 62 valence electrons. The minimum absolute atomic E-state index is 0.134. The van der Waals surface area contributed by atoms with Gasteiger partial charge in [-0.2, -0.15) is 0 Å². The first-order chi connectivity index (χ1) is 5.30. The number of hydrogen-bond acceptors (Lipinski definition) is 2. The number of aliphatic hydroxyl groups excluding tert-OH is 2. The summed E-state index contributed by atoms with van der Waals surface area (Å²) in [7, 11) is 0. The second-order valence-electron chi connectivity index (χ2n) is 3.87. The molecule has 2 rings (SSSR count). The summed E-state index contributed by atoms with van der Waals surface area (Å²) in [5, 5.41) is 18.3. The first-order valence-electron chi connectivity index (χ1n) is 4.21. The summed E-state index contributed by atoms with van der Waals surface area (Å²) < 4.78 is 0. The zero-order valence-electron chi connectivity index (χ0n) is 6.53. The molecule has 0 saturated heterocycles. The lowest BCUT2D eigenvalue weighted by atomic mass is 9.77. The molecule has 2 N–H and O–H groups in total. The fourth-order valence-corrected chi connectivity index (χ4v) is 2.47. The number of allylic oxidation sites excluding steroid dienone is 2. The summed E-state index contributed by atoms with van der Waals surface area (Å²) in [5.41, 5.74) is -0.181. The third kappa shape index (κ3) is 0.861. The third-order valence-corrected chi connectivity index (χ3v) is 3.26. The van der Waals surface area contributed by atoms with Crippen LogP contribution in [0.3, 0.4) is 0 Å². The van der Waals surface area contributed by atoms with Crippen molar-refractivity contribution < 1.29 is 10.2 Å². The van der Waals surface area contributed by atoms with Crippen molar-refractivity contribution in [2.24, 2.45) is 17.3 Å². The molecule has 0 spiro atoms. The molecular weight excluding hydrogens is 140 g/mol. The lowest BCUT2D eigenvalue weighted by Crippen LogP contribution is -2.33. The van der Waals surface area contributed by atoms with Gasteiger partial charge in [0.2, 0.25) is 0 Å². The van der Waals surface area contributed by atoms with Gasteiger partial charge in [-0.15, -0.1) is 0 Å². The molecule has 1 saturated carbocycles. The molecule has 0 amide bonds. The Hall–Kier alpha value is -0.340. The van der Waals surface area contributed by atoms with E-state index in [0.29, 0.717) is 11.8 Å². The fourth-order valence-electron chi connectivity index (χ4n) is 2.47. The number of fused-ring (bicyclic) bond motifs is 2. The van der Waals surface area contributed by atoms with E-state index >= 15 is 0 Å². The van der Waals surface area contributed by atoms with Crippen LogP contribution in [-0.4, -0.2) is 23.4 Å². The second-order valence-corrected chi connectivity index (χ2v) is 3.87. The van der Waals surface area contributed by atoms with Crippen molar-refractivity contribution in [3.63, 3.8) is 0 Å². The first-order valence-corrected chi connectivity index (χ1v) is 4.21.